The van der Waals surface area contributed by atoms with Crippen LogP contribution >= 0.6 is 22.6 Å². The number of aromatic nitrogens is 1. The number of hydrogen-bond acceptors (Lipinski definition) is 2. The molecule has 1 aromatic heterocycles. The van der Waals surface area contributed by atoms with Crippen LogP contribution in [0.1, 0.15) is 0 Å². The number of rotatable bonds is 0. The number of nitrogens with zero attached hydrogens (tertiary/aromatic N) is 1. The zero-order valence-electron chi connectivity index (χ0n) is 4.44. The van der Waals surface area contributed by atoms with E-state index in [1.54, 1.807) is 0 Å². The van der Waals surface area contributed by atoms with Crippen molar-refractivity contribution in [3.05, 3.63) is 21.8 Å². The zero-order chi connectivity index (χ0) is 6.85. The summed E-state index contributed by atoms with van der Waals surface area (Å²) >= 11 is 1.92. The van der Waals surface area contributed by atoms with Gasteiger partial charge in [-0.15, -0.1) is 0 Å². The van der Waals surface area contributed by atoms with Gasteiger partial charge in [0.25, 0.3) is 0 Å². The van der Waals surface area contributed by atoms with Gasteiger partial charge in [-0.05, 0) is 22.6 Å². The molecule has 0 aliphatic heterocycles. The van der Waals surface area contributed by atoms with Crippen molar-refractivity contribution in [3.63, 3.8) is 0 Å². The molecular weight excluding hydrogens is 234 g/mol. The lowest BCUT2D eigenvalue weighted by Gasteiger charge is -1.95. The fourth-order valence-electron chi connectivity index (χ4n) is 0.421. The third-order valence-corrected chi connectivity index (χ3v) is 1.75. The molecule has 0 aromatic carbocycles. The maximum Gasteiger partial charge on any atom is 0.165 e. The summed E-state index contributed by atoms with van der Waals surface area (Å²) in [6, 6.07) is 0. The molecule has 9 heavy (non-hydrogen) atoms. The summed E-state index contributed by atoms with van der Waals surface area (Å²) in [5.74, 6) is -0.457. The molecule has 0 radical (unpaired) electrons. The average Bonchev–Trinajstić information content (AvgIpc) is 1.83. The van der Waals surface area contributed by atoms with Crippen LogP contribution in [0.25, 0.3) is 0 Å². The number of nitrogens with two attached hydrogens (primary N) is 1. The molecule has 0 aliphatic rings. The fraction of sp³-hybridized carbons (Fsp3) is 0. The highest BCUT2D eigenvalue weighted by Gasteiger charge is 1.99. The van der Waals surface area contributed by atoms with Gasteiger partial charge in [-0.2, -0.15) is 0 Å². The third-order valence-electron chi connectivity index (χ3n) is 0.890. The van der Waals surface area contributed by atoms with Gasteiger partial charge >= 0.3 is 0 Å². The lowest BCUT2D eigenvalue weighted by Crippen LogP contribution is -1.94. The van der Waals surface area contributed by atoms with E-state index in [1.165, 1.54) is 6.20 Å². The highest BCUT2D eigenvalue weighted by molar-refractivity contribution is 14.1. The molecule has 4 heteroatoms. The molecule has 1 aromatic rings. The van der Waals surface area contributed by atoms with Crippen LogP contribution in [0.5, 0.6) is 0 Å². The summed E-state index contributed by atoms with van der Waals surface area (Å²) < 4.78 is 13.0. The van der Waals surface area contributed by atoms with Crippen LogP contribution in [0.4, 0.5) is 10.1 Å². The van der Waals surface area contributed by atoms with Crippen molar-refractivity contribution in [3.8, 4) is 0 Å². The quantitative estimate of drug-likeness (QED) is 0.694. The second-order valence-corrected chi connectivity index (χ2v) is 2.68. The van der Waals surface area contributed by atoms with Gasteiger partial charge in [0.1, 0.15) is 0 Å². The summed E-state index contributed by atoms with van der Waals surface area (Å²) in [5, 5.41) is 0. The molecule has 1 heterocycles. The minimum Gasteiger partial charge on any atom is -0.395 e. The van der Waals surface area contributed by atoms with Crippen LogP contribution in [0.3, 0.4) is 0 Å². The van der Waals surface area contributed by atoms with E-state index >= 15 is 0 Å². The van der Waals surface area contributed by atoms with Crippen molar-refractivity contribution >= 4 is 28.3 Å². The normalized spacial score (nSPS) is 9.56. The lowest BCUT2D eigenvalue weighted by atomic mass is 10.4. The van der Waals surface area contributed by atoms with Crippen molar-refractivity contribution in [2.24, 2.45) is 0 Å². The van der Waals surface area contributed by atoms with E-state index in [0.29, 0.717) is 3.57 Å². The molecule has 1 rings (SSSR count). The molecule has 0 unspecified atom stereocenters. The van der Waals surface area contributed by atoms with E-state index in [9.17, 15) is 4.39 Å². The van der Waals surface area contributed by atoms with E-state index in [4.69, 9.17) is 5.73 Å². The Balaban J connectivity index is 3.25. The van der Waals surface area contributed by atoms with E-state index in [2.05, 4.69) is 4.98 Å². The summed E-state index contributed by atoms with van der Waals surface area (Å²) in [7, 11) is 0. The first kappa shape index (κ1) is 6.73. The van der Waals surface area contributed by atoms with Gasteiger partial charge in [-0.1, -0.05) is 0 Å². The first-order chi connectivity index (χ1) is 4.22. The first-order valence-corrected chi connectivity index (χ1v) is 3.34. The topological polar surface area (TPSA) is 38.9 Å². The Morgan fingerprint density at radius 3 is 2.67 bits per heavy atom. The summed E-state index contributed by atoms with van der Waals surface area (Å²) in [4.78, 5) is 3.58. The predicted octanol–water partition coefficient (Wildman–Crippen LogP) is 1.41. The second kappa shape index (κ2) is 2.47. The van der Waals surface area contributed by atoms with Crippen LogP contribution in [0, 0.1) is 9.39 Å². The summed E-state index contributed by atoms with van der Waals surface area (Å²) in [5.41, 5.74) is 5.43. The molecule has 48 valence electrons. The number of halogens is 2. The fourth-order valence-corrected chi connectivity index (χ4v) is 0.840. The molecular formula is C5H4FIN2. The Labute approximate surface area is 65.4 Å². The Morgan fingerprint density at radius 1 is 1.56 bits per heavy atom. The van der Waals surface area contributed by atoms with Crippen molar-refractivity contribution in [2.45, 2.75) is 0 Å². The van der Waals surface area contributed by atoms with Crippen LogP contribution in [-0.4, -0.2) is 4.98 Å². The maximum absolute atomic E-state index is 12.4. The number of nitrogen functional groups attached to an aromatic ring is 1. The summed E-state index contributed by atoms with van der Waals surface area (Å²) in [6.07, 6.45) is 2.61. The standard InChI is InChI=1S/C5H4FIN2/c6-3-1-9-2-4(7)5(3)8/h1-2H,(H2,8,9). The van der Waals surface area contributed by atoms with Crippen molar-refractivity contribution in [1.82, 2.24) is 4.98 Å². The first-order valence-electron chi connectivity index (χ1n) is 2.26. The molecule has 0 spiro atoms. The van der Waals surface area contributed by atoms with Crippen LogP contribution in [0.2, 0.25) is 0 Å². The number of hydrogen-bond donors (Lipinski definition) is 1. The molecule has 0 saturated heterocycles. The van der Waals surface area contributed by atoms with Crippen LogP contribution < -0.4 is 5.73 Å². The highest BCUT2D eigenvalue weighted by atomic mass is 127. The van der Waals surface area contributed by atoms with Gasteiger partial charge in [0.15, 0.2) is 5.82 Å². The van der Waals surface area contributed by atoms with Crippen molar-refractivity contribution in [2.75, 3.05) is 5.73 Å². The van der Waals surface area contributed by atoms with Gasteiger partial charge in [-0.3, -0.25) is 4.98 Å². The average molecular weight is 238 g/mol. The number of anilines is 1. The van der Waals surface area contributed by atoms with Gasteiger partial charge in [0.05, 0.1) is 15.5 Å². The molecule has 0 fully saturated rings. The lowest BCUT2D eigenvalue weighted by molar-refractivity contribution is 0.625. The van der Waals surface area contributed by atoms with Gasteiger partial charge in [-0.25, -0.2) is 4.39 Å². The second-order valence-electron chi connectivity index (χ2n) is 1.52. The van der Waals surface area contributed by atoms with Crippen LogP contribution in [-0.2, 0) is 0 Å². The SMILES string of the molecule is Nc1c(F)cncc1I. The zero-order valence-corrected chi connectivity index (χ0v) is 6.59. The monoisotopic (exact) mass is 238 g/mol. The molecule has 0 amide bonds. The van der Waals surface area contributed by atoms with Gasteiger partial charge in [0.2, 0.25) is 0 Å². The molecule has 0 aliphatic carbocycles. The third kappa shape index (κ3) is 1.29. The Hall–Kier alpha value is -0.390. The molecule has 2 nitrogen and oxygen atoms in total. The minimum absolute atomic E-state index is 0.172. The molecule has 2 N–H and O–H groups in total. The predicted molar refractivity (Wildman–Crippen MR) is 41.3 cm³/mol. The van der Waals surface area contributed by atoms with Crippen LogP contribution in [0.15, 0.2) is 12.4 Å². The highest BCUT2D eigenvalue weighted by Crippen LogP contribution is 2.15. The summed E-state index contributed by atoms with van der Waals surface area (Å²) in [6.45, 7) is 0. The molecule has 0 bridgehead atoms. The van der Waals surface area contributed by atoms with E-state index in [-0.39, 0.29) is 5.69 Å². The van der Waals surface area contributed by atoms with Gasteiger partial charge in [0, 0.05) is 6.20 Å². The largest absolute Gasteiger partial charge is 0.395 e. The molecule has 0 saturated carbocycles. The Morgan fingerprint density at radius 2 is 2.22 bits per heavy atom. The van der Waals surface area contributed by atoms with Crippen molar-refractivity contribution in [1.29, 1.82) is 0 Å². The Bertz CT molecular complexity index is 206. The van der Waals surface area contributed by atoms with Crippen molar-refractivity contribution < 1.29 is 4.39 Å². The smallest absolute Gasteiger partial charge is 0.165 e. The Kier molecular flexibility index (Phi) is 1.84. The van der Waals surface area contributed by atoms with E-state index in [1.807, 2.05) is 22.6 Å². The maximum atomic E-state index is 12.4. The molecule has 0 atom stereocenters. The van der Waals surface area contributed by atoms with E-state index in [0.717, 1.165) is 6.20 Å². The minimum atomic E-state index is -0.457. The number of pyridine rings is 1. The van der Waals surface area contributed by atoms with E-state index < -0.39 is 5.82 Å². The van der Waals surface area contributed by atoms with Gasteiger partial charge < -0.3 is 5.73 Å².